The first-order valence-electron chi connectivity index (χ1n) is 7.94. The van der Waals surface area contributed by atoms with Crippen molar-refractivity contribution in [2.45, 2.75) is 52.1 Å². The second-order valence-electron chi connectivity index (χ2n) is 5.17. The Morgan fingerprint density at radius 3 is 2.05 bits per heavy atom. The summed E-state index contributed by atoms with van der Waals surface area (Å²) >= 11 is 0. The summed E-state index contributed by atoms with van der Waals surface area (Å²) in [5, 5.41) is 3.65. The molecular weight excluding hydrogens is 240 g/mol. The van der Waals surface area contributed by atoms with E-state index in [-0.39, 0.29) is 0 Å². The average Bonchev–Trinajstić information content (AvgIpc) is 3.23. The Bertz CT molecular complexity index is 200. The number of rotatable bonds is 13. The maximum absolute atomic E-state index is 5.50. The van der Waals surface area contributed by atoms with Crippen LogP contribution in [0.2, 0.25) is 0 Å². The van der Waals surface area contributed by atoms with Crippen LogP contribution in [-0.4, -0.2) is 63.0 Å². The molecule has 1 aliphatic carbocycles. The van der Waals surface area contributed by atoms with Crippen LogP contribution in [0, 0.1) is 0 Å². The molecule has 0 radical (unpaired) electrons. The summed E-state index contributed by atoms with van der Waals surface area (Å²) < 4.78 is 11.0. The third-order valence-electron chi connectivity index (χ3n) is 3.66. The highest BCUT2D eigenvalue weighted by Gasteiger charge is 2.23. The van der Waals surface area contributed by atoms with Crippen molar-refractivity contribution in [3.63, 3.8) is 0 Å². The zero-order valence-corrected chi connectivity index (χ0v) is 13.0. The van der Waals surface area contributed by atoms with Gasteiger partial charge in [-0.25, -0.2) is 0 Å². The summed E-state index contributed by atoms with van der Waals surface area (Å²) in [4.78, 5) is 2.51. The van der Waals surface area contributed by atoms with Crippen LogP contribution >= 0.6 is 0 Å². The zero-order chi connectivity index (χ0) is 13.9. The molecule has 4 nitrogen and oxygen atoms in total. The van der Waals surface area contributed by atoms with Gasteiger partial charge in [0.2, 0.25) is 0 Å². The number of nitrogens with one attached hydrogen (secondary N) is 1. The molecule has 0 aromatic heterocycles. The van der Waals surface area contributed by atoms with E-state index in [1.54, 1.807) is 0 Å². The summed E-state index contributed by atoms with van der Waals surface area (Å²) in [5.74, 6) is 0. The van der Waals surface area contributed by atoms with Crippen molar-refractivity contribution in [1.29, 1.82) is 0 Å². The van der Waals surface area contributed by atoms with Crippen LogP contribution in [0.1, 0.15) is 40.0 Å². The normalized spacial score (nSPS) is 17.1. The van der Waals surface area contributed by atoms with Gasteiger partial charge in [0, 0.05) is 44.9 Å². The van der Waals surface area contributed by atoms with Gasteiger partial charge in [0.1, 0.15) is 0 Å². The van der Waals surface area contributed by atoms with Crippen LogP contribution in [0.5, 0.6) is 0 Å². The predicted molar refractivity (Wildman–Crippen MR) is 79.7 cm³/mol. The Hall–Kier alpha value is -0.160. The lowest BCUT2D eigenvalue weighted by molar-refractivity contribution is 0.0613. The van der Waals surface area contributed by atoms with Crippen molar-refractivity contribution < 1.29 is 9.47 Å². The van der Waals surface area contributed by atoms with E-state index in [4.69, 9.17) is 9.47 Å². The zero-order valence-electron chi connectivity index (χ0n) is 13.0. The van der Waals surface area contributed by atoms with Crippen LogP contribution in [0.3, 0.4) is 0 Å². The van der Waals surface area contributed by atoms with Crippen LogP contribution in [0.4, 0.5) is 0 Å². The molecule has 4 heteroatoms. The van der Waals surface area contributed by atoms with E-state index in [1.807, 2.05) is 0 Å². The van der Waals surface area contributed by atoms with E-state index < -0.39 is 0 Å². The number of hydrogen-bond acceptors (Lipinski definition) is 4. The first-order chi connectivity index (χ1) is 9.31. The van der Waals surface area contributed by atoms with Crippen LogP contribution in [-0.2, 0) is 9.47 Å². The van der Waals surface area contributed by atoms with Gasteiger partial charge in [-0.2, -0.15) is 0 Å². The molecule has 0 aromatic carbocycles. The Balaban J connectivity index is 2.31. The van der Waals surface area contributed by atoms with Crippen molar-refractivity contribution in [3.05, 3.63) is 0 Å². The molecule has 19 heavy (non-hydrogen) atoms. The molecule has 1 unspecified atom stereocenters. The summed E-state index contributed by atoms with van der Waals surface area (Å²) in [6.45, 7) is 12.7. The molecule has 0 saturated heterocycles. The molecule has 0 heterocycles. The molecule has 1 N–H and O–H groups in total. The van der Waals surface area contributed by atoms with E-state index in [1.165, 1.54) is 19.3 Å². The fraction of sp³-hybridized carbons (Fsp3) is 1.00. The van der Waals surface area contributed by atoms with Crippen molar-refractivity contribution >= 4 is 0 Å². The molecule has 0 aliphatic heterocycles. The fourth-order valence-corrected chi connectivity index (χ4v) is 2.25. The summed E-state index contributed by atoms with van der Waals surface area (Å²) in [5.41, 5.74) is 0. The van der Waals surface area contributed by atoms with Crippen LogP contribution in [0.15, 0.2) is 0 Å². The Kier molecular flexibility index (Phi) is 9.43. The van der Waals surface area contributed by atoms with Crippen molar-refractivity contribution in [2.24, 2.45) is 0 Å². The van der Waals surface area contributed by atoms with Crippen molar-refractivity contribution in [2.75, 3.05) is 46.1 Å². The molecule has 0 amide bonds. The second kappa shape index (κ2) is 10.6. The van der Waals surface area contributed by atoms with Gasteiger partial charge in [-0.3, -0.25) is 4.90 Å². The van der Waals surface area contributed by atoms with Gasteiger partial charge >= 0.3 is 0 Å². The molecule has 1 aliphatic rings. The minimum atomic E-state index is 0.599. The largest absolute Gasteiger partial charge is 0.380 e. The lowest BCUT2D eigenvalue weighted by Crippen LogP contribution is -2.45. The average molecular weight is 272 g/mol. The minimum Gasteiger partial charge on any atom is -0.380 e. The van der Waals surface area contributed by atoms with E-state index in [0.717, 1.165) is 52.1 Å². The van der Waals surface area contributed by atoms with E-state index in [9.17, 15) is 0 Å². The van der Waals surface area contributed by atoms with Gasteiger partial charge in [0.05, 0.1) is 13.2 Å². The first-order valence-corrected chi connectivity index (χ1v) is 7.94. The van der Waals surface area contributed by atoms with Gasteiger partial charge in [-0.1, -0.05) is 6.92 Å². The monoisotopic (exact) mass is 272 g/mol. The SMILES string of the molecule is CCOCCN(CCOCC)C(CC)CNC1CC1. The summed E-state index contributed by atoms with van der Waals surface area (Å²) in [6.07, 6.45) is 3.89. The molecular formula is C15H32N2O2. The van der Waals surface area contributed by atoms with E-state index >= 15 is 0 Å². The van der Waals surface area contributed by atoms with E-state index in [0.29, 0.717) is 6.04 Å². The smallest absolute Gasteiger partial charge is 0.0593 e. The highest BCUT2D eigenvalue weighted by molar-refractivity contribution is 4.84. The molecule has 1 fully saturated rings. The van der Waals surface area contributed by atoms with Gasteiger partial charge in [0.25, 0.3) is 0 Å². The highest BCUT2D eigenvalue weighted by Crippen LogP contribution is 2.19. The molecule has 1 atom stereocenters. The third kappa shape index (κ3) is 7.88. The summed E-state index contributed by atoms with van der Waals surface area (Å²) in [6, 6.07) is 1.39. The maximum atomic E-state index is 5.50. The highest BCUT2D eigenvalue weighted by atomic mass is 16.5. The minimum absolute atomic E-state index is 0.599. The second-order valence-corrected chi connectivity index (χ2v) is 5.17. The Morgan fingerprint density at radius 1 is 1.05 bits per heavy atom. The maximum Gasteiger partial charge on any atom is 0.0593 e. The summed E-state index contributed by atoms with van der Waals surface area (Å²) in [7, 11) is 0. The van der Waals surface area contributed by atoms with Gasteiger partial charge in [-0.05, 0) is 33.1 Å². The molecule has 1 rings (SSSR count). The predicted octanol–water partition coefficient (Wildman–Crippen LogP) is 1.89. The number of ether oxygens (including phenoxy) is 2. The molecule has 1 saturated carbocycles. The van der Waals surface area contributed by atoms with Crippen molar-refractivity contribution in [1.82, 2.24) is 10.2 Å². The number of nitrogens with zero attached hydrogens (tertiary/aromatic N) is 1. The van der Waals surface area contributed by atoms with Crippen LogP contribution in [0.25, 0.3) is 0 Å². The lowest BCUT2D eigenvalue weighted by atomic mass is 10.2. The van der Waals surface area contributed by atoms with Gasteiger partial charge in [0.15, 0.2) is 0 Å². The lowest BCUT2D eigenvalue weighted by Gasteiger charge is -2.31. The first kappa shape index (κ1) is 16.9. The quantitative estimate of drug-likeness (QED) is 0.519. The Morgan fingerprint density at radius 2 is 1.63 bits per heavy atom. The topological polar surface area (TPSA) is 33.7 Å². The fourth-order valence-electron chi connectivity index (χ4n) is 2.25. The molecule has 114 valence electrons. The molecule has 0 aromatic rings. The number of hydrogen-bond donors (Lipinski definition) is 1. The standard InChI is InChI=1S/C15H32N2O2/c1-4-15(13-16-14-7-8-14)17(9-11-18-5-2)10-12-19-6-3/h14-16H,4-13H2,1-3H3. The van der Waals surface area contributed by atoms with Crippen molar-refractivity contribution in [3.8, 4) is 0 Å². The molecule has 0 spiro atoms. The molecule has 0 bridgehead atoms. The van der Waals surface area contributed by atoms with Gasteiger partial charge in [-0.15, -0.1) is 0 Å². The van der Waals surface area contributed by atoms with Gasteiger partial charge < -0.3 is 14.8 Å². The van der Waals surface area contributed by atoms with E-state index in [2.05, 4.69) is 31.0 Å². The Labute approximate surface area is 118 Å². The third-order valence-corrected chi connectivity index (χ3v) is 3.66. The van der Waals surface area contributed by atoms with Crippen LogP contribution < -0.4 is 5.32 Å².